The molecule has 1 aliphatic heterocycles. The molecule has 2 fully saturated rings. The van der Waals surface area contributed by atoms with Gasteiger partial charge in [0.2, 0.25) is 0 Å². The van der Waals surface area contributed by atoms with Gasteiger partial charge in [-0.3, -0.25) is 0 Å². The highest BCUT2D eigenvalue weighted by molar-refractivity contribution is 7.91. The molecular weight excluding hydrogens is 260 g/mol. The Morgan fingerprint density at radius 3 is 2.33 bits per heavy atom. The number of aliphatic carboxylic acids is 1. The van der Waals surface area contributed by atoms with Crippen molar-refractivity contribution >= 4 is 21.8 Å². The fraction of sp³-hybridized carbons (Fsp3) is 0.800. The number of nitrogens with one attached hydrogen (secondary N) is 2. The maximum Gasteiger partial charge on any atom is 0.329 e. The van der Waals surface area contributed by atoms with Crippen LogP contribution in [-0.2, 0) is 14.6 Å². The van der Waals surface area contributed by atoms with Crippen molar-refractivity contribution in [2.45, 2.75) is 37.3 Å². The third kappa shape index (κ3) is 2.58. The standard InChI is InChI=1S/C10H16N2O5S/c13-8(14)10(3-1-4-10)12-9(15)11-7-2-5-18(16,17)6-7/h7H,1-6H2,(H,13,14)(H2,11,12,15). The van der Waals surface area contributed by atoms with E-state index in [0.29, 0.717) is 19.3 Å². The second kappa shape index (κ2) is 4.42. The highest BCUT2D eigenvalue weighted by Crippen LogP contribution is 2.31. The van der Waals surface area contributed by atoms with Crippen LogP contribution in [0.1, 0.15) is 25.7 Å². The maximum atomic E-state index is 11.6. The summed E-state index contributed by atoms with van der Waals surface area (Å²) in [5.74, 6) is -1.04. The summed E-state index contributed by atoms with van der Waals surface area (Å²) in [6.45, 7) is 0. The van der Waals surface area contributed by atoms with Gasteiger partial charge in [0.15, 0.2) is 9.84 Å². The van der Waals surface area contributed by atoms with Crippen LogP contribution >= 0.6 is 0 Å². The zero-order valence-corrected chi connectivity index (χ0v) is 10.6. The van der Waals surface area contributed by atoms with Gasteiger partial charge in [0.25, 0.3) is 0 Å². The van der Waals surface area contributed by atoms with Gasteiger partial charge in [-0.2, -0.15) is 0 Å². The van der Waals surface area contributed by atoms with E-state index in [1.54, 1.807) is 0 Å². The number of hydrogen-bond acceptors (Lipinski definition) is 4. The predicted octanol–water partition coefficient (Wildman–Crippen LogP) is -0.520. The number of carboxylic acids is 1. The molecule has 0 aromatic heterocycles. The SMILES string of the molecule is O=C(NC1CCS(=O)(=O)C1)NC1(C(=O)O)CCC1. The Bertz CT molecular complexity index is 469. The van der Waals surface area contributed by atoms with Gasteiger partial charge in [-0.1, -0.05) is 0 Å². The normalized spacial score (nSPS) is 28.1. The lowest BCUT2D eigenvalue weighted by Crippen LogP contribution is -2.62. The third-order valence-electron chi connectivity index (χ3n) is 3.54. The van der Waals surface area contributed by atoms with E-state index >= 15 is 0 Å². The molecule has 3 N–H and O–H groups in total. The number of rotatable bonds is 3. The zero-order chi connectivity index (χ0) is 13.4. The summed E-state index contributed by atoms with van der Waals surface area (Å²) < 4.78 is 22.4. The van der Waals surface area contributed by atoms with Crippen LogP contribution in [0.15, 0.2) is 0 Å². The molecule has 1 aliphatic carbocycles. The first-order valence-electron chi connectivity index (χ1n) is 5.85. The van der Waals surface area contributed by atoms with Crippen molar-refractivity contribution < 1.29 is 23.1 Å². The van der Waals surface area contributed by atoms with Gasteiger partial charge >= 0.3 is 12.0 Å². The van der Waals surface area contributed by atoms with Crippen LogP contribution < -0.4 is 10.6 Å². The maximum absolute atomic E-state index is 11.6. The van der Waals surface area contributed by atoms with Crippen LogP contribution in [0.25, 0.3) is 0 Å². The van der Waals surface area contributed by atoms with Crippen LogP contribution in [0.4, 0.5) is 4.79 Å². The first-order valence-corrected chi connectivity index (χ1v) is 7.68. The zero-order valence-electron chi connectivity index (χ0n) is 9.81. The van der Waals surface area contributed by atoms with Crippen molar-refractivity contribution in [2.24, 2.45) is 0 Å². The molecule has 0 aromatic carbocycles. The molecule has 1 saturated carbocycles. The Kier molecular flexibility index (Phi) is 3.22. The summed E-state index contributed by atoms with van der Waals surface area (Å²) in [5, 5.41) is 14.0. The van der Waals surface area contributed by atoms with E-state index in [1.807, 2.05) is 0 Å². The molecule has 2 aliphatic rings. The van der Waals surface area contributed by atoms with Crippen molar-refractivity contribution in [3.8, 4) is 0 Å². The Balaban J connectivity index is 1.88. The van der Waals surface area contributed by atoms with Gasteiger partial charge in [0.1, 0.15) is 5.54 Å². The minimum absolute atomic E-state index is 0.0690. The quantitative estimate of drug-likeness (QED) is 0.642. The number of hydrogen-bond donors (Lipinski definition) is 3. The number of carboxylic acid groups (broad SMARTS) is 1. The van der Waals surface area contributed by atoms with E-state index in [2.05, 4.69) is 10.6 Å². The van der Waals surface area contributed by atoms with Crippen LogP contribution in [0.5, 0.6) is 0 Å². The number of carbonyl (C=O) groups is 2. The van der Waals surface area contributed by atoms with E-state index in [0.717, 1.165) is 6.42 Å². The van der Waals surface area contributed by atoms with E-state index in [9.17, 15) is 18.0 Å². The van der Waals surface area contributed by atoms with Crippen molar-refractivity contribution in [3.05, 3.63) is 0 Å². The molecule has 1 atom stereocenters. The number of carbonyl (C=O) groups excluding carboxylic acids is 1. The Morgan fingerprint density at radius 1 is 1.28 bits per heavy atom. The number of amides is 2. The summed E-state index contributed by atoms with van der Waals surface area (Å²) in [5.41, 5.74) is -1.17. The number of urea groups is 1. The summed E-state index contributed by atoms with van der Waals surface area (Å²) in [4.78, 5) is 22.7. The van der Waals surface area contributed by atoms with Gasteiger partial charge in [-0.05, 0) is 25.7 Å². The van der Waals surface area contributed by atoms with E-state index in [1.165, 1.54) is 0 Å². The number of sulfone groups is 1. The molecular formula is C10H16N2O5S. The lowest BCUT2D eigenvalue weighted by molar-refractivity contribution is -0.148. The highest BCUT2D eigenvalue weighted by Gasteiger charge is 2.46. The van der Waals surface area contributed by atoms with Crippen LogP contribution in [0.2, 0.25) is 0 Å². The second-order valence-electron chi connectivity index (χ2n) is 4.94. The van der Waals surface area contributed by atoms with Gasteiger partial charge in [-0.15, -0.1) is 0 Å². The molecule has 1 heterocycles. The molecule has 2 rings (SSSR count). The minimum atomic E-state index is -3.05. The van der Waals surface area contributed by atoms with Crippen LogP contribution in [0, 0.1) is 0 Å². The predicted molar refractivity (Wildman–Crippen MR) is 62.9 cm³/mol. The van der Waals surface area contributed by atoms with Crippen LogP contribution in [0.3, 0.4) is 0 Å². The first-order chi connectivity index (χ1) is 8.33. The summed E-state index contributed by atoms with van der Waals surface area (Å²) in [7, 11) is -3.05. The molecule has 18 heavy (non-hydrogen) atoms. The summed E-state index contributed by atoms with van der Waals surface area (Å²) >= 11 is 0. The lowest BCUT2D eigenvalue weighted by Gasteiger charge is -2.38. The van der Waals surface area contributed by atoms with Crippen LogP contribution in [-0.4, -0.2) is 48.6 Å². The van der Waals surface area contributed by atoms with Gasteiger partial charge in [0, 0.05) is 6.04 Å². The van der Waals surface area contributed by atoms with E-state index < -0.39 is 33.4 Å². The molecule has 7 nitrogen and oxygen atoms in total. The average Bonchev–Trinajstić information content (AvgIpc) is 2.51. The van der Waals surface area contributed by atoms with E-state index in [-0.39, 0.29) is 11.5 Å². The van der Waals surface area contributed by atoms with Crippen molar-refractivity contribution in [2.75, 3.05) is 11.5 Å². The molecule has 102 valence electrons. The molecule has 0 spiro atoms. The summed E-state index contributed by atoms with van der Waals surface area (Å²) in [6, 6.07) is -1.01. The largest absolute Gasteiger partial charge is 0.480 e. The second-order valence-corrected chi connectivity index (χ2v) is 7.17. The Morgan fingerprint density at radius 2 is 1.94 bits per heavy atom. The van der Waals surface area contributed by atoms with Gasteiger partial charge in [-0.25, -0.2) is 18.0 Å². The fourth-order valence-corrected chi connectivity index (χ4v) is 3.94. The van der Waals surface area contributed by atoms with Gasteiger partial charge < -0.3 is 15.7 Å². The van der Waals surface area contributed by atoms with Crippen molar-refractivity contribution in [1.82, 2.24) is 10.6 Å². The minimum Gasteiger partial charge on any atom is -0.480 e. The van der Waals surface area contributed by atoms with Crippen molar-refractivity contribution in [1.29, 1.82) is 0 Å². The monoisotopic (exact) mass is 276 g/mol. The third-order valence-corrected chi connectivity index (χ3v) is 5.30. The fourth-order valence-electron chi connectivity index (χ4n) is 2.27. The molecule has 0 bridgehead atoms. The molecule has 8 heteroatoms. The highest BCUT2D eigenvalue weighted by atomic mass is 32.2. The summed E-state index contributed by atoms with van der Waals surface area (Å²) in [6.07, 6.45) is 1.98. The topological polar surface area (TPSA) is 113 Å². The first kappa shape index (κ1) is 13.1. The lowest BCUT2D eigenvalue weighted by atomic mass is 9.77. The Hall–Kier alpha value is -1.31. The molecule has 1 unspecified atom stereocenters. The van der Waals surface area contributed by atoms with E-state index in [4.69, 9.17) is 5.11 Å². The molecule has 0 radical (unpaired) electrons. The average molecular weight is 276 g/mol. The van der Waals surface area contributed by atoms with Gasteiger partial charge in [0.05, 0.1) is 11.5 Å². The molecule has 1 saturated heterocycles. The smallest absolute Gasteiger partial charge is 0.329 e. The molecule has 0 aromatic rings. The molecule has 2 amide bonds. The van der Waals surface area contributed by atoms with Crippen molar-refractivity contribution in [3.63, 3.8) is 0 Å². The Labute approximate surface area is 105 Å².